The molecule has 4 unspecified atom stereocenters. The first-order chi connectivity index (χ1) is 5.59. The summed E-state index contributed by atoms with van der Waals surface area (Å²) >= 11 is 4.49. The zero-order valence-electron chi connectivity index (χ0n) is 6.24. The molecule has 0 aromatic rings. The van der Waals surface area contributed by atoms with E-state index in [0.29, 0.717) is 4.83 Å². The fourth-order valence-electron chi connectivity index (χ4n) is 1.25. The molecular weight excluding hydrogens is 312 g/mol. The Morgan fingerprint density at radius 3 is 2.58 bits per heavy atom. The number of hydrogen-bond donors (Lipinski definition) is 0. The van der Waals surface area contributed by atoms with E-state index in [4.69, 9.17) is 4.18 Å². The first kappa shape index (κ1) is 11.1. The summed E-state index contributed by atoms with van der Waals surface area (Å²) in [5.41, 5.74) is 0. The minimum atomic E-state index is -2.39. The van der Waals surface area contributed by atoms with E-state index < -0.39 is 11.4 Å². The minimum absolute atomic E-state index is 0.133. The fraction of sp³-hybridized carbons (Fsp3) is 1.00. The Morgan fingerprint density at radius 1 is 1.42 bits per heavy atom. The Labute approximate surface area is 91.0 Å². The fourth-order valence-corrected chi connectivity index (χ4v) is 3.82. The van der Waals surface area contributed by atoms with Crippen molar-refractivity contribution in [3.05, 3.63) is 0 Å². The van der Waals surface area contributed by atoms with E-state index >= 15 is 0 Å². The Kier molecular flexibility index (Phi) is 4.67. The second-order valence-corrected chi connectivity index (χ2v) is 5.84. The maximum Gasteiger partial charge on any atom is 0.0862 e. The van der Waals surface area contributed by atoms with Crippen molar-refractivity contribution < 1.29 is 12.9 Å². The van der Waals surface area contributed by atoms with Gasteiger partial charge in [0.2, 0.25) is 0 Å². The number of rotatable bonds is 2. The van der Waals surface area contributed by atoms with Gasteiger partial charge in [-0.1, -0.05) is 31.9 Å². The minimum Gasteiger partial charge on any atom is -0.750 e. The Hall–Kier alpha value is 1.03. The van der Waals surface area contributed by atoms with Gasteiger partial charge in [-0.25, -0.2) is 4.21 Å². The molecule has 0 aliphatic heterocycles. The van der Waals surface area contributed by atoms with Gasteiger partial charge in [-0.3, -0.25) is 4.18 Å². The standard InChI is InChI=1S/C6H10Br2O3S/c7-4-1-2-6(5(8)3-4)11-12(9)10/h4-6H,1-3H2,(H,9,10)/p-1. The highest BCUT2D eigenvalue weighted by Crippen LogP contribution is 2.31. The van der Waals surface area contributed by atoms with Crippen LogP contribution in [-0.2, 0) is 15.5 Å². The highest BCUT2D eigenvalue weighted by Gasteiger charge is 2.28. The lowest BCUT2D eigenvalue weighted by Crippen LogP contribution is -2.32. The summed E-state index contributed by atoms with van der Waals surface area (Å²) in [7, 11) is 0. The highest BCUT2D eigenvalue weighted by atomic mass is 79.9. The molecule has 0 saturated heterocycles. The van der Waals surface area contributed by atoms with Gasteiger partial charge in [0.25, 0.3) is 0 Å². The largest absolute Gasteiger partial charge is 0.750 e. The molecular formula is C6H9Br2O3S-. The summed E-state index contributed by atoms with van der Waals surface area (Å²) in [6.07, 6.45) is 2.45. The Bertz CT molecular complexity index is 178. The van der Waals surface area contributed by atoms with E-state index in [1.54, 1.807) is 0 Å². The van der Waals surface area contributed by atoms with Crippen molar-refractivity contribution in [2.24, 2.45) is 0 Å². The van der Waals surface area contributed by atoms with Gasteiger partial charge in [-0.2, -0.15) is 0 Å². The lowest BCUT2D eigenvalue weighted by Gasteiger charge is -2.30. The van der Waals surface area contributed by atoms with Crippen molar-refractivity contribution >= 4 is 43.2 Å². The number of alkyl halides is 2. The Morgan fingerprint density at radius 2 is 2.08 bits per heavy atom. The molecule has 4 atom stereocenters. The predicted octanol–water partition coefficient (Wildman–Crippen LogP) is 1.88. The molecule has 0 heterocycles. The molecule has 1 aliphatic rings. The average Bonchev–Trinajstić information content (AvgIpc) is 1.94. The van der Waals surface area contributed by atoms with Gasteiger partial charge in [0.1, 0.15) is 0 Å². The molecule has 3 nitrogen and oxygen atoms in total. The van der Waals surface area contributed by atoms with Crippen LogP contribution in [0.4, 0.5) is 0 Å². The maximum atomic E-state index is 10.2. The van der Waals surface area contributed by atoms with Crippen molar-refractivity contribution in [2.75, 3.05) is 0 Å². The summed E-state index contributed by atoms with van der Waals surface area (Å²) in [6, 6.07) is 0. The molecule has 12 heavy (non-hydrogen) atoms. The quantitative estimate of drug-likeness (QED) is 0.576. The molecule has 1 fully saturated rings. The third-order valence-corrected chi connectivity index (χ3v) is 4.05. The Balaban J connectivity index is 2.39. The summed E-state index contributed by atoms with van der Waals surface area (Å²) in [6.45, 7) is 0. The highest BCUT2D eigenvalue weighted by molar-refractivity contribution is 9.10. The topological polar surface area (TPSA) is 49.4 Å². The first-order valence-corrected chi connectivity index (χ1v) is 6.47. The second kappa shape index (κ2) is 5.05. The molecule has 0 aromatic heterocycles. The van der Waals surface area contributed by atoms with E-state index in [1.807, 2.05) is 0 Å². The summed E-state index contributed by atoms with van der Waals surface area (Å²) in [5, 5.41) is 0. The normalized spacial score (nSPS) is 39.4. The van der Waals surface area contributed by atoms with Crippen LogP contribution in [0.2, 0.25) is 0 Å². The van der Waals surface area contributed by atoms with Gasteiger partial charge in [0.05, 0.1) is 17.5 Å². The summed E-state index contributed by atoms with van der Waals surface area (Å²) in [5.74, 6) is 0. The van der Waals surface area contributed by atoms with Crippen molar-refractivity contribution in [3.8, 4) is 0 Å². The lowest BCUT2D eigenvalue weighted by atomic mass is 9.98. The number of halogens is 2. The SMILES string of the molecule is O=S([O-])OC1CCC(Br)CC1Br. The van der Waals surface area contributed by atoms with Gasteiger partial charge in [0, 0.05) is 9.65 Å². The van der Waals surface area contributed by atoms with Crippen molar-refractivity contribution in [2.45, 2.75) is 35.0 Å². The van der Waals surface area contributed by atoms with Crippen molar-refractivity contribution in [1.82, 2.24) is 0 Å². The van der Waals surface area contributed by atoms with E-state index in [0.717, 1.165) is 19.3 Å². The molecule has 1 aliphatic carbocycles. The maximum absolute atomic E-state index is 10.2. The lowest BCUT2D eigenvalue weighted by molar-refractivity contribution is 0.167. The van der Waals surface area contributed by atoms with Crippen LogP contribution in [0.1, 0.15) is 19.3 Å². The van der Waals surface area contributed by atoms with Gasteiger partial charge in [-0.15, -0.1) is 0 Å². The zero-order valence-corrected chi connectivity index (χ0v) is 10.2. The first-order valence-electron chi connectivity index (χ1n) is 3.64. The van der Waals surface area contributed by atoms with Gasteiger partial charge >= 0.3 is 0 Å². The summed E-state index contributed by atoms with van der Waals surface area (Å²) in [4.78, 5) is 0.607. The molecule has 0 amide bonds. The van der Waals surface area contributed by atoms with Gasteiger partial charge in [-0.05, 0) is 19.3 Å². The molecule has 6 heteroatoms. The smallest absolute Gasteiger partial charge is 0.0862 e. The van der Waals surface area contributed by atoms with E-state index in [1.165, 1.54) is 0 Å². The monoisotopic (exact) mass is 319 g/mol. The predicted molar refractivity (Wildman–Crippen MR) is 53.1 cm³/mol. The van der Waals surface area contributed by atoms with Crippen molar-refractivity contribution in [1.29, 1.82) is 0 Å². The molecule has 0 spiro atoms. The third kappa shape index (κ3) is 3.41. The van der Waals surface area contributed by atoms with E-state index in [-0.39, 0.29) is 10.9 Å². The third-order valence-electron chi connectivity index (χ3n) is 1.85. The van der Waals surface area contributed by atoms with Crippen LogP contribution in [0.25, 0.3) is 0 Å². The molecule has 0 radical (unpaired) electrons. The van der Waals surface area contributed by atoms with Gasteiger partial charge < -0.3 is 4.55 Å². The van der Waals surface area contributed by atoms with E-state index in [2.05, 4.69) is 31.9 Å². The van der Waals surface area contributed by atoms with Crippen LogP contribution < -0.4 is 0 Å². The molecule has 1 saturated carbocycles. The molecule has 72 valence electrons. The van der Waals surface area contributed by atoms with Crippen LogP contribution in [0.5, 0.6) is 0 Å². The second-order valence-electron chi connectivity index (χ2n) is 2.77. The zero-order chi connectivity index (χ0) is 9.14. The van der Waals surface area contributed by atoms with Crippen LogP contribution in [-0.4, -0.2) is 24.5 Å². The number of hydrogen-bond acceptors (Lipinski definition) is 3. The molecule has 0 aromatic carbocycles. The molecule has 1 rings (SSSR count). The molecule has 0 bridgehead atoms. The van der Waals surface area contributed by atoms with Crippen molar-refractivity contribution in [3.63, 3.8) is 0 Å². The van der Waals surface area contributed by atoms with Crippen LogP contribution in [0, 0.1) is 0 Å². The van der Waals surface area contributed by atoms with Crippen LogP contribution in [0.15, 0.2) is 0 Å². The average molecular weight is 321 g/mol. The molecule has 0 N–H and O–H groups in total. The van der Waals surface area contributed by atoms with Crippen LogP contribution in [0.3, 0.4) is 0 Å². The summed E-state index contributed by atoms with van der Waals surface area (Å²) < 4.78 is 25.2. The van der Waals surface area contributed by atoms with Gasteiger partial charge in [0.15, 0.2) is 0 Å². The van der Waals surface area contributed by atoms with E-state index in [9.17, 15) is 8.76 Å². The van der Waals surface area contributed by atoms with Crippen LogP contribution >= 0.6 is 31.9 Å².